The first kappa shape index (κ1) is 19.1. The van der Waals surface area contributed by atoms with E-state index in [-0.39, 0.29) is 5.91 Å². The van der Waals surface area contributed by atoms with Crippen LogP contribution in [0.25, 0.3) is 0 Å². The number of hydrogen-bond donors (Lipinski definition) is 4. The summed E-state index contributed by atoms with van der Waals surface area (Å²) in [5.41, 5.74) is 5.42. The van der Waals surface area contributed by atoms with Crippen LogP contribution >= 0.6 is 25.3 Å². The third-order valence-corrected chi connectivity index (χ3v) is 3.88. The second-order valence-corrected chi connectivity index (χ2v) is 6.14. The Bertz CT molecular complexity index is 216. The van der Waals surface area contributed by atoms with E-state index in [9.17, 15) is 4.79 Å². The van der Waals surface area contributed by atoms with E-state index in [2.05, 4.69) is 30.6 Å². The van der Waals surface area contributed by atoms with Gasteiger partial charge in [0.2, 0.25) is 5.91 Å². The highest BCUT2D eigenvalue weighted by Crippen LogP contribution is 2.12. The van der Waals surface area contributed by atoms with Gasteiger partial charge in [0, 0.05) is 18.2 Å². The number of thiol groups is 2. The highest BCUT2D eigenvalue weighted by molar-refractivity contribution is 7.81. The standard InChI is InChI=1S/C14H30N2OS2/c15-10-5-1-2-6-11-16-14(17)8-4-3-7-13(19)9-12-18/h13,18-19H,1-12,15H2,(H,16,17). The zero-order chi connectivity index (χ0) is 14.3. The van der Waals surface area contributed by atoms with Crippen LogP contribution < -0.4 is 11.1 Å². The molecule has 0 bridgehead atoms. The highest BCUT2D eigenvalue weighted by Gasteiger charge is 2.04. The fourth-order valence-electron chi connectivity index (χ4n) is 1.90. The van der Waals surface area contributed by atoms with Crippen molar-refractivity contribution in [3.8, 4) is 0 Å². The lowest BCUT2D eigenvalue weighted by Crippen LogP contribution is -2.24. The SMILES string of the molecule is NCCCCCCNC(=O)CCCCC(S)CCS. The summed E-state index contributed by atoms with van der Waals surface area (Å²) in [5.74, 6) is 1.07. The van der Waals surface area contributed by atoms with Gasteiger partial charge in [0.25, 0.3) is 0 Å². The van der Waals surface area contributed by atoms with Crippen molar-refractivity contribution in [2.45, 2.75) is 63.0 Å². The van der Waals surface area contributed by atoms with Gasteiger partial charge in [0.1, 0.15) is 0 Å². The summed E-state index contributed by atoms with van der Waals surface area (Å²) in [7, 11) is 0. The Kier molecular flexibility index (Phi) is 14.6. The van der Waals surface area contributed by atoms with Crippen molar-refractivity contribution in [2.75, 3.05) is 18.8 Å². The average Bonchev–Trinajstić information content (AvgIpc) is 2.39. The van der Waals surface area contributed by atoms with Gasteiger partial charge in [-0.3, -0.25) is 4.79 Å². The summed E-state index contributed by atoms with van der Waals surface area (Å²) in [6.07, 6.45) is 9.27. The Morgan fingerprint density at radius 3 is 2.47 bits per heavy atom. The molecule has 0 saturated heterocycles. The number of unbranched alkanes of at least 4 members (excludes halogenated alkanes) is 4. The van der Waals surface area contributed by atoms with Gasteiger partial charge in [-0.1, -0.05) is 19.3 Å². The summed E-state index contributed by atoms with van der Waals surface area (Å²) in [6.45, 7) is 1.57. The lowest BCUT2D eigenvalue weighted by atomic mass is 10.1. The number of amides is 1. The van der Waals surface area contributed by atoms with Crippen molar-refractivity contribution >= 4 is 31.2 Å². The minimum Gasteiger partial charge on any atom is -0.356 e. The van der Waals surface area contributed by atoms with Crippen LogP contribution in [0.2, 0.25) is 0 Å². The number of carbonyl (C=O) groups excluding carboxylic acids is 1. The molecule has 5 heteroatoms. The van der Waals surface area contributed by atoms with Crippen LogP contribution in [0.3, 0.4) is 0 Å². The summed E-state index contributed by atoms with van der Waals surface area (Å²) in [4.78, 5) is 11.5. The number of hydrogen-bond acceptors (Lipinski definition) is 4. The van der Waals surface area contributed by atoms with Crippen LogP contribution in [0.15, 0.2) is 0 Å². The third-order valence-electron chi connectivity index (χ3n) is 3.11. The van der Waals surface area contributed by atoms with Crippen LogP contribution in [0.1, 0.15) is 57.8 Å². The minimum atomic E-state index is 0.184. The molecule has 0 rings (SSSR count). The molecule has 0 saturated carbocycles. The largest absolute Gasteiger partial charge is 0.356 e. The van der Waals surface area contributed by atoms with E-state index in [1.165, 1.54) is 6.42 Å². The van der Waals surface area contributed by atoms with Gasteiger partial charge in [0.15, 0.2) is 0 Å². The van der Waals surface area contributed by atoms with Gasteiger partial charge < -0.3 is 11.1 Å². The van der Waals surface area contributed by atoms with Crippen LogP contribution in [0, 0.1) is 0 Å². The first-order valence-electron chi connectivity index (χ1n) is 7.46. The topological polar surface area (TPSA) is 55.1 Å². The molecule has 1 unspecified atom stereocenters. The number of nitrogens with one attached hydrogen (secondary N) is 1. The zero-order valence-corrected chi connectivity index (χ0v) is 13.7. The summed E-state index contributed by atoms with van der Waals surface area (Å²) < 4.78 is 0. The monoisotopic (exact) mass is 306 g/mol. The normalized spacial score (nSPS) is 12.4. The molecular weight excluding hydrogens is 276 g/mol. The van der Waals surface area contributed by atoms with Gasteiger partial charge in [-0.05, 0) is 44.4 Å². The van der Waals surface area contributed by atoms with Crippen molar-refractivity contribution in [1.29, 1.82) is 0 Å². The third kappa shape index (κ3) is 14.4. The Labute approximate surface area is 129 Å². The predicted molar refractivity (Wildman–Crippen MR) is 90.2 cm³/mol. The van der Waals surface area contributed by atoms with E-state index in [0.29, 0.717) is 11.7 Å². The van der Waals surface area contributed by atoms with Gasteiger partial charge in [-0.15, -0.1) is 0 Å². The van der Waals surface area contributed by atoms with Crippen LogP contribution in [0.5, 0.6) is 0 Å². The van der Waals surface area contributed by atoms with Gasteiger partial charge in [-0.2, -0.15) is 25.3 Å². The molecule has 0 heterocycles. The molecule has 0 fully saturated rings. The molecule has 0 aromatic carbocycles. The van der Waals surface area contributed by atoms with Crippen molar-refractivity contribution in [3.63, 3.8) is 0 Å². The van der Waals surface area contributed by atoms with E-state index in [1.54, 1.807) is 0 Å². The molecule has 1 atom stereocenters. The van der Waals surface area contributed by atoms with Gasteiger partial charge in [0.05, 0.1) is 0 Å². The maximum absolute atomic E-state index is 11.5. The molecule has 0 aliphatic carbocycles. The first-order valence-corrected chi connectivity index (χ1v) is 8.61. The van der Waals surface area contributed by atoms with Crippen molar-refractivity contribution in [2.24, 2.45) is 5.73 Å². The van der Waals surface area contributed by atoms with Crippen LogP contribution in [-0.2, 0) is 4.79 Å². The maximum Gasteiger partial charge on any atom is 0.219 e. The van der Waals surface area contributed by atoms with Crippen LogP contribution in [-0.4, -0.2) is 30.0 Å². The van der Waals surface area contributed by atoms with Gasteiger partial charge in [-0.25, -0.2) is 0 Å². The molecule has 3 N–H and O–H groups in total. The van der Waals surface area contributed by atoms with Crippen molar-refractivity contribution in [3.05, 3.63) is 0 Å². The second kappa shape index (κ2) is 14.5. The van der Waals surface area contributed by atoms with Crippen LogP contribution in [0.4, 0.5) is 0 Å². The Morgan fingerprint density at radius 2 is 1.79 bits per heavy atom. The Hall–Kier alpha value is 0.130. The molecule has 0 aliphatic rings. The predicted octanol–water partition coefficient (Wildman–Crippen LogP) is 2.80. The Balaban J connectivity index is 3.25. The summed E-state index contributed by atoms with van der Waals surface area (Å²) in [5, 5.41) is 3.40. The molecular formula is C14H30N2OS2. The quantitative estimate of drug-likeness (QED) is 0.312. The van der Waals surface area contributed by atoms with Gasteiger partial charge >= 0.3 is 0 Å². The smallest absolute Gasteiger partial charge is 0.219 e. The lowest BCUT2D eigenvalue weighted by molar-refractivity contribution is -0.121. The number of rotatable bonds is 13. The first-order chi connectivity index (χ1) is 9.20. The van der Waals surface area contributed by atoms with E-state index >= 15 is 0 Å². The molecule has 0 aliphatic heterocycles. The molecule has 19 heavy (non-hydrogen) atoms. The second-order valence-electron chi connectivity index (χ2n) is 4.96. The minimum absolute atomic E-state index is 0.184. The average molecular weight is 307 g/mol. The van der Waals surface area contributed by atoms with Crippen molar-refractivity contribution in [1.82, 2.24) is 5.32 Å². The molecule has 0 aromatic rings. The fourth-order valence-corrected chi connectivity index (χ4v) is 2.72. The van der Waals surface area contributed by atoms with E-state index < -0.39 is 0 Å². The fraction of sp³-hybridized carbons (Fsp3) is 0.929. The number of nitrogens with two attached hydrogens (primary N) is 1. The molecule has 0 radical (unpaired) electrons. The Morgan fingerprint density at radius 1 is 1.05 bits per heavy atom. The molecule has 0 aromatic heterocycles. The van der Waals surface area contributed by atoms with E-state index in [4.69, 9.17) is 5.73 Å². The zero-order valence-electron chi connectivity index (χ0n) is 11.9. The summed E-state index contributed by atoms with van der Waals surface area (Å²) >= 11 is 8.66. The molecule has 1 amide bonds. The molecule has 114 valence electrons. The van der Waals surface area contributed by atoms with Crippen molar-refractivity contribution < 1.29 is 4.79 Å². The van der Waals surface area contributed by atoms with E-state index in [0.717, 1.165) is 63.8 Å². The molecule has 0 spiro atoms. The lowest BCUT2D eigenvalue weighted by Gasteiger charge is -2.08. The number of carbonyl (C=O) groups is 1. The molecule has 3 nitrogen and oxygen atoms in total. The maximum atomic E-state index is 11.5. The van der Waals surface area contributed by atoms with E-state index in [1.807, 2.05) is 0 Å². The highest BCUT2D eigenvalue weighted by atomic mass is 32.1. The summed E-state index contributed by atoms with van der Waals surface area (Å²) in [6, 6.07) is 0.